The second-order valence-corrected chi connectivity index (χ2v) is 8.39. The van der Waals surface area contributed by atoms with Crippen LogP contribution in [-0.2, 0) is 26.1 Å². The van der Waals surface area contributed by atoms with Gasteiger partial charge in [0.15, 0.2) is 0 Å². The Kier molecular flexibility index (Phi) is 30.9. The number of carboxylic acid groups (broad SMARTS) is 2. The molecule has 0 atom stereocenters. The molecule has 0 aliphatic rings. The Hall–Kier alpha value is -0.646. The van der Waals surface area contributed by atoms with E-state index in [-0.39, 0.29) is 29.3 Å². The first-order chi connectivity index (χ1) is 14.3. The van der Waals surface area contributed by atoms with Crippen molar-refractivity contribution >= 4 is 11.9 Å². The molecule has 0 spiro atoms. The summed E-state index contributed by atoms with van der Waals surface area (Å²) in [6.45, 7) is 7.65. The number of rotatable bonds is 20. The van der Waals surface area contributed by atoms with Crippen molar-refractivity contribution in [1.82, 2.24) is 9.80 Å². The number of hydrogen-bond acceptors (Lipinski definition) is 6. The molecule has 0 unspecified atom stereocenters. The van der Waals surface area contributed by atoms with Gasteiger partial charge in [0.2, 0.25) is 0 Å². The maximum Gasteiger partial charge on any atom is 2.00 e. The van der Waals surface area contributed by atoms with Crippen molar-refractivity contribution in [2.24, 2.45) is 0 Å². The average molecular weight is 487 g/mol. The summed E-state index contributed by atoms with van der Waals surface area (Å²) >= 11 is 0. The predicted molar refractivity (Wildman–Crippen MR) is 121 cm³/mol. The van der Waals surface area contributed by atoms with Crippen LogP contribution in [0.1, 0.15) is 104 Å². The zero-order chi connectivity index (χ0) is 23.0. The Labute approximate surface area is 202 Å². The molecule has 0 radical (unpaired) electrons. The van der Waals surface area contributed by atoms with E-state index in [9.17, 15) is 19.8 Å². The third-order valence-corrected chi connectivity index (χ3v) is 5.18. The van der Waals surface area contributed by atoms with Crippen molar-refractivity contribution in [2.75, 3.05) is 40.3 Å². The number of hydrogen-bond donors (Lipinski definition) is 0. The topological polar surface area (TPSA) is 86.7 Å². The molecular weight excluding hydrogens is 439 g/mol. The Morgan fingerprint density at radius 3 is 1.13 bits per heavy atom. The Morgan fingerprint density at radius 1 is 0.548 bits per heavy atom. The first-order valence-electron chi connectivity index (χ1n) is 12.1. The zero-order valence-corrected chi connectivity index (χ0v) is 21.6. The van der Waals surface area contributed by atoms with Gasteiger partial charge in [0, 0.05) is 25.0 Å². The van der Waals surface area contributed by atoms with Gasteiger partial charge in [0.1, 0.15) is 0 Å². The second-order valence-electron chi connectivity index (χ2n) is 8.39. The molecule has 31 heavy (non-hydrogen) atoms. The van der Waals surface area contributed by atoms with Crippen molar-refractivity contribution in [2.45, 2.75) is 104 Å². The Balaban J connectivity index is -0.000000490. The summed E-state index contributed by atoms with van der Waals surface area (Å²) in [6, 6.07) is 0. The third kappa shape index (κ3) is 34.2. The van der Waals surface area contributed by atoms with Gasteiger partial charge in [-0.1, -0.05) is 78.1 Å². The van der Waals surface area contributed by atoms with Gasteiger partial charge >= 0.3 is 16.5 Å². The Morgan fingerprint density at radius 2 is 0.839 bits per heavy atom. The first kappa shape index (κ1) is 35.0. The van der Waals surface area contributed by atoms with E-state index < -0.39 is 11.9 Å². The van der Waals surface area contributed by atoms with E-state index in [0.29, 0.717) is 13.1 Å². The van der Waals surface area contributed by atoms with Crippen LogP contribution in [0.2, 0.25) is 0 Å². The molecule has 0 saturated heterocycles. The molecule has 0 bridgehead atoms. The van der Waals surface area contributed by atoms with E-state index in [1.54, 1.807) is 0 Å². The summed E-state index contributed by atoms with van der Waals surface area (Å²) < 4.78 is 0. The molecule has 0 aliphatic heterocycles. The van der Waals surface area contributed by atoms with E-state index >= 15 is 0 Å². The molecule has 7 heteroatoms. The maximum atomic E-state index is 10.2. The van der Waals surface area contributed by atoms with E-state index in [1.807, 2.05) is 14.1 Å². The molecule has 188 valence electrons. The summed E-state index contributed by atoms with van der Waals surface area (Å²) in [5.41, 5.74) is 0. The van der Waals surface area contributed by atoms with E-state index in [0.717, 1.165) is 13.1 Å². The van der Waals surface area contributed by atoms with Crippen molar-refractivity contribution in [3.05, 3.63) is 0 Å². The predicted octanol–water partition coefficient (Wildman–Crippen LogP) is 2.83. The fourth-order valence-corrected chi connectivity index (χ4v) is 3.11. The van der Waals surface area contributed by atoms with Crippen molar-refractivity contribution in [1.29, 1.82) is 0 Å². The van der Waals surface area contributed by atoms with Gasteiger partial charge in [-0.3, -0.25) is 0 Å². The molecule has 0 saturated carbocycles. The molecule has 0 rings (SSSR count). The number of aliphatic carboxylic acids is 2. The monoisotopic (exact) mass is 486 g/mol. The molecule has 0 N–H and O–H groups in total. The molecule has 0 aliphatic carbocycles. The molecule has 0 aromatic rings. The summed E-state index contributed by atoms with van der Waals surface area (Å²) in [5, 5.41) is 20.4. The molecule has 0 aromatic carbocycles. The van der Waals surface area contributed by atoms with Crippen molar-refractivity contribution < 1.29 is 36.3 Å². The molecule has 0 amide bonds. The minimum absolute atomic E-state index is 0. The van der Waals surface area contributed by atoms with Gasteiger partial charge in [-0.25, -0.2) is 0 Å². The van der Waals surface area contributed by atoms with Gasteiger partial charge in [-0.05, 0) is 52.9 Å². The van der Waals surface area contributed by atoms with Crippen molar-refractivity contribution in [3.8, 4) is 0 Å². The van der Waals surface area contributed by atoms with E-state index in [1.165, 1.54) is 77.0 Å². The fraction of sp³-hybridized carbons (Fsp3) is 0.917. The minimum atomic E-state index is -0.954. The van der Waals surface area contributed by atoms with Crippen LogP contribution in [0.15, 0.2) is 0 Å². The summed E-state index contributed by atoms with van der Waals surface area (Å²) in [6.07, 6.45) is 15.7. The molecule has 0 fully saturated rings. The number of carbonyl (C=O) groups excluding carboxylic acids is 2. The first-order valence-corrected chi connectivity index (χ1v) is 12.1. The van der Waals surface area contributed by atoms with Gasteiger partial charge in [-0.15, -0.1) is 0 Å². The van der Waals surface area contributed by atoms with E-state index in [4.69, 9.17) is 0 Å². The largest absolute Gasteiger partial charge is 2.00 e. The number of carboxylic acids is 2. The average Bonchev–Trinajstić information content (AvgIpc) is 2.70. The normalized spacial score (nSPS) is 10.5. The van der Waals surface area contributed by atoms with Gasteiger partial charge in [0.25, 0.3) is 0 Å². The van der Waals surface area contributed by atoms with Crippen LogP contribution in [0, 0.1) is 0 Å². The van der Waals surface area contributed by atoms with Crippen LogP contribution < -0.4 is 10.2 Å². The fourth-order valence-electron chi connectivity index (χ4n) is 3.11. The molecule has 6 nitrogen and oxygen atoms in total. The van der Waals surface area contributed by atoms with Gasteiger partial charge < -0.3 is 29.6 Å². The SMILES string of the molecule is CCCCCCCCN(C)CCC(=O)[O-].CCCCCCCCN(C)CCC(=O)[O-].[Ni+2]. The summed E-state index contributed by atoms with van der Waals surface area (Å²) in [7, 11) is 3.93. The van der Waals surface area contributed by atoms with Crippen LogP contribution in [0.3, 0.4) is 0 Å². The Bertz CT molecular complexity index is 362. The van der Waals surface area contributed by atoms with Crippen LogP contribution in [0.5, 0.6) is 0 Å². The van der Waals surface area contributed by atoms with Gasteiger partial charge in [-0.2, -0.15) is 0 Å². The molecule has 0 heterocycles. The number of carbonyl (C=O) groups is 2. The second kappa shape index (κ2) is 27.4. The maximum absolute atomic E-state index is 10.2. The van der Waals surface area contributed by atoms with Crippen molar-refractivity contribution in [3.63, 3.8) is 0 Å². The quantitative estimate of drug-likeness (QED) is 0.194. The summed E-state index contributed by atoms with van der Waals surface area (Å²) in [4.78, 5) is 24.6. The standard InChI is InChI=1S/2C12H25NO2.Ni/c2*1-3-4-5-6-7-8-10-13(2)11-9-12(14)15;/h2*3-11H2,1-2H3,(H,14,15);/q;;+2/p-2. The zero-order valence-electron chi connectivity index (χ0n) is 20.6. The smallest absolute Gasteiger partial charge is 0.550 e. The number of nitrogens with zero attached hydrogens (tertiary/aromatic N) is 2. The minimum Gasteiger partial charge on any atom is -0.550 e. The van der Waals surface area contributed by atoms with Crippen LogP contribution in [0.25, 0.3) is 0 Å². The van der Waals surface area contributed by atoms with Gasteiger partial charge in [0.05, 0.1) is 0 Å². The van der Waals surface area contributed by atoms with Crippen LogP contribution >= 0.6 is 0 Å². The molecular formula is C24H48N2NiO4. The third-order valence-electron chi connectivity index (χ3n) is 5.18. The summed E-state index contributed by atoms with van der Waals surface area (Å²) in [5.74, 6) is -1.91. The molecule has 0 aromatic heterocycles. The van der Waals surface area contributed by atoms with Crippen LogP contribution in [0.4, 0.5) is 0 Å². The van der Waals surface area contributed by atoms with E-state index in [2.05, 4.69) is 23.6 Å². The number of unbranched alkanes of at least 4 members (excludes halogenated alkanes) is 10. The van der Waals surface area contributed by atoms with Crippen LogP contribution in [-0.4, -0.2) is 62.0 Å².